The summed E-state index contributed by atoms with van der Waals surface area (Å²) in [6, 6.07) is 2.27. The highest BCUT2D eigenvalue weighted by molar-refractivity contribution is 7.99. The molecule has 2 N–H and O–H groups in total. The molecule has 1 aromatic heterocycles. The minimum absolute atomic E-state index is 0.328. The maximum absolute atomic E-state index is 5.90. The van der Waals surface area contributed by atoms with Gasteiger partial charge in [0.2, 0.25) is 0 Å². The van der Waals surface area contributed by atoms with E-state index >= 15 is 0 Å². The number of rotatable bonds is 2. The van der Waals surface area contributed by atoms with Crippen LogP contribution in [0.4, 0.5) is 5.82 Å². The highest BCUT2D eigenvalue weighted by Gasteiger charge is 2.29. The van der Waals surface area contributed by atoms with Gasteiger partial charge in [-0.15, -0.1) is 0 Å². The molecule has 2 fully saturated rings. The quantitative estimate of drug-likeness (QED) is 0.865. The SMILES string of the molecule is CN1CCSCC1c1nc(N)cc(C2CC2)n1. The Balaban J connectivity index is 1.90. The highest BCUT2D eigenvalue weighted by Crippen LogP contribution is 2.40. The van der Waals surface area contributed by atoms with Gasteiger partial charge in [0.05, 0.1) is 6.04 Å². The first-order chi connectivity index (χ1) is 8.24. The van der Waals surface area contributed by atoms with Crippen molar-refractivity contribution in [1.82, 2.24) is 14.9 Å². The lowest BCUT2D eigenvalue weighted by Crippen LogP contribution is -2.34. The summed E-state index contributed by atoms with van der Waals surface area (Å²) in [6.45, 7) is 1.10. The number of nitrogens with two attached hydrogens (primary N) is 1. The van der Waals surface area contributed by atoms with E-state index in [1.165, 1.54) is 18.6 Å². The van der Waals surface area contributed by atoms with Crippen molar-refractivity contribution in [3.8, 4) is 0 Å². The van der Waals surface area contributed by atoms with Gasteiger partial charge in [-0.25, -0.2) is 9.97 Å². The van der Waals surface area contributed by atoms with Crippen LogP contribution in [0.25, 0.3) is 0 Å². The normalized spacial score (nSPS) is 26.1. The molecular weight excluding hydrogens is 232 g/mol. The van der Waals surface area contributed by atoms with Crippen molar-refractivity contribution in [2.75, 3.05) is 30.8 Å². The molecule has 4 nitrogen and oxygen atoms in total. The van der Waals surface area contributed by atoms with Gasteiger partial charge in [-0.3, -0.25) is 4.90 Å². The fourth-order valence-electron chi connectivity index (χ4n) is 2.20. The number of anilines is 1. The Bertz CT molecular complexity index is 419. The van der Waals surface area contributed by atoms with E-state index in [9.17, 15) is 0 Å². The van der Waals surface area contributed by atoms with Crippen molar-refractivity contribution in [2.24, 2.45) is 0 Å². The highest BCUT2D eigenvalue weighted by atomic mass is 32.2. The van der Waals surface area contributed by atoms with E-state index < -0.39 is 0 Å². The van der Waals surface area contributed by atoms with Crippen LogP contribution in [-0.2, 0) is 0 Å². The average molecular weight is 250 g/mol. The van der Waals surface area contributed by atoms with Crippen LogP contribution in [0.5, 0.6) is 0 Å². The second-order valence-electron chi connectivity index (χ2n) is 4.92. The molecule has 0 bridgehead atoms. The minimum Gasteiger partial charge on any atom is -0.384 e. The molecule has 1 aliphatic heterocycles. The standard InChI is InChI=1S/C12H18N4S/c1-16-4-5-17-7-10(16)12-14-9(8-2-3-8)6-11(13)15-12/h6,8,10H,2-5,7H2,1H3,(H2,13,14,15). The topological polar surface area (TPSA) is 55.0 Å². The first kappa shape index (κ1) is 11.3. The molecule has 92 valence electrons. The zero-order valence-corrected chi connectivity index (χ0v) is 10.9. The maximum atomic E-state index is 5.90. The molecule has 1 atom stereocenters. The summed E-state index contributed by atoms with van der Waals surface area (Å²) in [4.78, 5) is 11.5. The molecule has 1 unspecified atom stereocenters. The molecule has 2 aliphatic rings. The summed E-state index contributed by atoms with van der Waals surface area (Å²) in [6.07, 6.45) is 2.51. The Labute approximate surface area is 106 Å². The van der Waals surface area contributed by atoms with Crippen molar-refractivity contribution in [3.05, 3.63) is 17.6 Å². The largest absolute Gasteiger partial charge is 0.384 e. The molecule has 3 rings (SSSR count). The van der Waals surface area contributed by atoms with Crippen molar-refractivity contribution < 1.29 is 0 Å². The first-order valence-corrected chi connectivity index (χ1v) is 7.32. The van der Waals surface area contributed by atoms with Crippen molar-refractivity contribution in [2.45, 2.75) is 24.8 Å². The smallest absolute Gasteiger partial charge is 0.148 e. The second kappa shape index (κ2) is 4.46. The van der Waals surface area contributed by atoms with Crippen LogP contribution in [0, 0.1) is 0 Å². The predicted octanol–water partition coefficient (Wildman–Crippen LogP) is 1.66. The van der Waals surface area contributed by atoms with Gasteiger partial charge in [-0.1, -0.05) is 0 Å². The van der Waals surface area contributed by atoms with Crippen LogP contribution in [0.15, 0.2) is 6.07 Å². The van der Waals surface area contributed by atoms with Crippen molar-refractivity contribution in [1.29, 1.82) is 0 Å². The zero-order valence-electron chi connectivity index (χ0n) is 10.1. The van der Waals surface area contributed by atoms with E-state index in [1.54, 1.807) is 0 Å². The lowest BCUT2D eigenvalue weighted by Gasteiger charge is -2.31. The van der Waals surface area contributed by atoms with Crippen LogP contribution in [-0.4, -0.2) is 40.0 Å². The van der Waals surface area contributed by atoms with E-state index in [0.29, 0.717) is 17.8 Å². The molecule has 0 radical (unpaired) electrons. The van der Waals surface area contributed by atoms with Gasteiger partial charge in [-0.05, 0) is 19.9 Å². The van der Waals surface area contributed by atoms with Crippen LogP contribution in [0.3, 0.4) is 0 Å². The van der Waals surface area contributed by atoms with Crippen LogP contribution >= 0.6 is 11.8 Å². The Morgan fingerprint density at radius 1 is 1.41 bits per heavy atom. The summed E-state index contributed by atoms with van der Waals surface area (Å²) in [7, 11) is 2.15. The third-order valence-corrected chi connectivity index (χ3v) is 4.50. The minimum atomic E-state index is 0.328. The van der Waals surface area contributed by atoms with Gasteiger partial charge >= 0.3 is 0 Å². The Kier molecular flexibility index (Phi) is 2.96. The molecule has 1 aliphatic carbocycles. The molecule has 1 saturated carbocycles. The molecule has 5 heteroatoms. The van der Waals surface area contributed by atoms with E-state index in [1.807, 2.05) is 17.8 Å². The molecule has 0 amide bonds. The lowest BCUT2D eigenvalue weighted by molar-refractivity contribution is 0.264. The monoisotopic (exact) mass is 250 g/mol. The fraction of sp³-hybridized carbons (Fsp3) is 0.667. The molecular formula is C12H18N4S. The third kappa shape index (κ3) is 2.40. The number of hydrogen-bond acceptors (Lipinski definition) is 5. The molecule has 0 aromatic carbocycles. The third-order valence-electron chi connectivity index (χ3n) is 3.47. The van der Waals surface area contributed by atoms with Crippen molar-refractivity contribution >= 4 is 17.6 Å². The van der Waals surface area contributed by atoms with Crippen molar-refractivity contribution in [3.63, 3.8) is 0 Å². The van der Waals surface area contributed by atoms with Crippen LogP contribution in [0.1, 0.15) is 36.3 Å². The van der Waals surface area contributed by atoms with Gasteiger partial charge in [-0.2, -0.15) is 11.8 Å². The average Bonchev–Trinajstić information content (AvgIpc) is 3.12. The molecule has 1 aromatic rings. The summed E-state index contributed by atoms with van der Waals surface area (Å²) < 4.78 is 0. The number of aromatic nitrogens is 2. The Morgan fingerprint density at radius 3 is 2.94 bits per heavy atom. The first-order valence-electron chi connectivity index (χ1n) is 6.16. The number of nitrogens with zero attached hydrogens (tertiary/aromatic N) is 3. The predicted molar refractivity (Wildman–Crippen MR) is 71.1 cm³/mol. The van der Waals surface area contributed by atoms with E-state index in [-0.39, 0.29) is 0 Å². The van der Waals surface area contributed by atoms with E-state index in [2.05, 4.69) is 16.9 Å². The molecule has 1 saturated heterocycles. The van der Waals surface area contributed by atoms with Gasteiger partial charge in [0.15, 0.2) is 0 Å². The number of hydrogen-bond donors (Lipinski definition) is 1. The van der Waals surface area contributed by atoms with E-state index in [4.69, 9.17) is 10.7 Å². The Morgan fingerprint density at radius 2 is 2.24 bits per heavy atom. The second-order valence-corrected chi connectivity index (χ2v) is 6.07. The summed E-state index contributed by atoms with van der Waals surface area (Å²) >= 11 is 1.97. The molecule has 0 spiro atoms. The Hall–Kier alpha value is -0.810. The number of nitrogen functional groups attached to an aromatic ring is 1. The van der Waals surface area contributed by atoms with Gasteiger partial charge < -0.3 is 5.73 Å². The summed E-state index contributed by atoms with van der Waals surface area (Å²) in [5.74, 6) is 4.46. The van der Waals surface area contributed by atoms with Gasteiger partial charge in [0.1, 0.15) is 11.6 Å². The zero-order chi connectivity index (χ0) is 11.8. The number of thioether (sulfide) groups is 1. The molecule has 2 heterocycles. The maximum Gasteiger partial charge on any atom is 0.148 e. The van der Waals surface area contributed by atoms with Crippen LogP contribution in [0.2, 0.25) is 0 Å². The summed E-state index contributed by atoms with van der Waals surface area (Å²) in [5, 5.41) is 0. The van der Waals surface area contributed by atoms with Crippen LogP contribution < -0.4 is 5.73 Å². The van der Waals surface area contributed by atoms with E-state index in [0.717, 1.165) is 23.8 Å². The molecule has 17 heavy (non-hydrogen) atoms. The van der Waals surface area contributed by atoms with Gasteiger partial charge in [0.25, 0.3) is 0 Å². The lowest BCUT2D eigenvalue weighted by atomic mass is 10.2. The van der Waals surface area contributed by atoms with Gasteiger partial charge in [0, 0.05) is 35.7 Å². The fourth-order valence-corrected chi connectivity index (χ4v) is 3.41. The summed E-state index contributed by atoms with van der Waals surface area (Å²) in [5.41, 5.74) is 7.05.